The van der Waals surface area contributed by atoms with Crippen LogP contribution < -0.4 is 5.32 Å². The topological polar surface area (TPSA) is 29.1 Å². The monoisotopic (exact) mass is 321 g/mol. The van der Waals surface area contributed by atoms with Crippen molar-refractivity contribution in [2.45, 2.75) is 41.8 Å². The molecule has 0 saturated heterocycles. The first-order valence-electron chi connectivity index (χ1n) is 4.41. The highest BCUT2D eigenvalue weighted by atomic mass is 127. The molecule has 0 atom stereocenters. The summed E-state index contributed by atoms with van der Waals surface area (Å²) in [5, 5.41) is 2.01. The Morgan fingerprint density at radius 1 is 1.21 bits per heavy atom. The van der Waals surface area contributed by atoms with Crippen LogP contribution in [0.5, 0.6) is 0 Å². The molecule has 0 spiro atoms. The van der Waals surface area contributed by atoms with E-state index in [1.54, 1.807) is 0 Å². The second-order valence-electron chi connectivity index (χ2n) is 3.42. The average molecular weight is 321 g/mol. The molecular formula is C8H11F3INO. The van der Waals surface area contributed by atoms with Crippen LogP contribution >= 0.6 is 22.6 Å². The lowest BCUT2D eigenvalue weighted by Gasteiger charge is -2.26. The Labute approximate surface area is 93.8 Å². The molecule has 1 saturated carbocycles. The molecule has 0 bridgehead atoms. The number of hydrogen-bond acceptors (Lipinski definition) is 1. The van der Waals surface area contributed by atoms with Crippen LogP contribution in [0, 0.1) is 0 Å². The summed E-state index contributed by atoms with van der Waals surface area (Å²) >= 11 is 2.28. The SMILES string of the molecule is O=C(NC1CCC(I)CC1)C(F)(F)F. The van der Waals surface area contributed by atoms with E-state index in [-0.39, 0.29) is 6.04 Å². The third-order valence-electron chi connectivity index (χ3n) is 2.25. The number of halogens is 4. The quantitative estimate of drug-likeness (QED) is 0.583. The van der Waals surface area contributed by atoms with Gasteiger partial charge in [-0.3, -0.25) is 4.79 Å². The van der Waals surface area contributed by atoms with Crippen LogP contribution in [0.15, 0.2) is 0 Å². The number of carbonyl (C=O) groups excluding carboxylic acids is 1. The predicted molar refractivity (Wildman–Crippen MR) is 54.3 cm³/mol. The smallest absolute Gasteiger partial charge is 0.346 e. The molecule has 1 aliphatic carbocycles. The standard InChI is InChI=1S/C8H11F3INO/c9-8(10,11)7(14)13-6-3-1-5(12)2-4-6/h5-6H,1-4H2,(H,13,14). The minimum absolute atomic E-state index is 0.296. The summed E-state index contributed by atoms with van der Waals surface area (Å²) in [6.45, 7) is 0. The molecule has 1 fully saturated rings. The van der Waals surface area contributed by atoms with E-state index >= 15 is 0 Å². The number of hydrogen-bond donors (Lipinski definition) is 1. The number of amides is 1. The second-order valence-corrected chi connectivity index (χ2v) is 5.18. The highest BCUT2D eigenvalue weighted by Crippen LogP contribution is 2.25. The van der Waals surface area contributed by atoms with Crippen LogP contribution in [-0.2, 0) is 4.79 Å². The van der Waals surface area contributed by atoms with Crippen LogP contribution in [0.2, 0.25) is 0 Å². The molecule has 1 aliphatic rings. The number of carbonyl (C=O) groups is 1. The first-order chi connectivity index (χ1) is 6.39. The molecule has 82 valence electrons. The molecule has 1 rings (SSSR count). The van der Waals surface area contributed by atoms with Gasteiger partial charge in [0.1, 0.15) is 0 Å². The lowest BCUT2D eigenvalue weighted by Crippen LogP contribution is -2.44. The van der Waals surface area contributed by atoms with Gasteiger partial charge in [-0.1, -0.05) is 22.6 Å². The highest BCUT2D eigenvalue weighted by Gasteiger charge is 2.39. The van der Waals surface area contributed by atoms with E-state index in [9.17, 15) is 18.0 Å². The van der Waals surface area contributed by atoms with E-state index in [0.29, 0.717) is 16.8 Å². The lowest BCUT2D eigenvalue weighted by atomic mass is 9.95. The molecule has 0 heterocycles. The summed E-state index contributed by atoms with van der Waals surface area (Å²) in [6.07, 6.45) is -1.70. The molecule has 0 aliphatic heterocycles. The normalized spacial score (nSPS) is 28.6. The van der Waals surface area contributed by atoms with Crippen molar-refractivity contribution in [1.82, 2.24) is 5.32 Å². The Hall–Kier alpha value is -0.0100. The fourth-order valence-corrected chi connectivity index (χ4v) is 2.18. The second kappa shape index (κ2) is 4.67. The largest absolute Gasteiger partial charge is 0.471 e. The van der Waals surface area contributed by atoms with Crippen molar-refractivity contribution >= 4 is 28.5 Å². The van der Waals surface area contributed by atoms with Gasteiger partial charge in [0.15, 0.2) is 0 Å². The van der Waals surface area contributed by atoms with Crippen molar-refractivity contribution in [3.8, 4) is 0 Å². The predicted octanol–water partition coefficient (Wildman–Crippen LogP) is 2.41. The summed E-state index contributed by atoms with van der Waals surface area (Å²) < 4.78 is 36.1. The third kappa shape index (κ3) is 3.62. The van der Waals surface area contributed by atoms with Gasteiger partial charge >= 0.3 is 12.1 Å². The van der Waals surface area contributed by atoms with Gasteiger partial charge in [0.25, 0.3) is 0 Å². The Kier molecular flexibility index (Phi) is 4.03. The van der Waals surface area contributed by atoms with Crippen molar-refractivity contribution in [1.29, 1.82) is 0 Å². The van der Waals surface area contributed by atoms with Gasteiger partial charge in [0, 0.05) is 9.97 Å². The van der Waals surface area contributed by atoms with Gasteiger partial charge in [0.05, 0.1) is 0 Å². The summed E-state index contributed by atoms with van der Waals surface area (Å²) in [4.78, 5) is 10.6. The molecule has 1 N–H and O–H groups in total. The van der Waals surface area contributed by atoms with Crippen LogP contribution in [0.4, 0.5) is 13.2 Å². The van der Waals surface area contributed by atoms with Crippen molar-refractivity contribution < 1.29 is 18.0 Å². The molecule has 14 heavy (non-hydrogen) atoms. The molecule has 2 nitrogen and oxygen atoms in total. The molecule has 0 aromatic rings. The van der Waals surface area contributed by atoms with Gasteiger partial charge in [0.2, 0.25) is 0 Å². The van der Waals surface area contributed by atoms with Gasteiger partial charge in [-0.05, 0) is 25.7 Å². The maximum Gasteiger partial charge on any atom is 0.471 e. The van der Waals surface area contributed by atoms with E-state index in [4.69, 9.17) is 0 Å². The van der Waals surface area contributed by atoms with Gasteiger partial charge in [-0.2, -0.15) is 13.2 Å². The summed E-state index contributed by atoms with van der Waals surface area (Å²) in [7, 11) is 0. The van der Waals surface area contributed by atoms with Gasteiger partial charge in [-0.25, -0.2) is 0 Å². The summed E-state index contributed by atoms with van der Waals surface area (Å²) in [6, 6.07) is -0.296. The van der Waals surface area contributed by atoms with Crippen LogP contribution in [-0.4, -0.2) is 22.0 Å². The Morgan fingerprint density at radius 2 is 1.71 bits per heavy atom. The van der Waals surface area contributed by atoms with Crippen molar-refractivity contribution in [3.05, 3.63) is 0 Å². The molecule has 0 aromatic heterocycles. The zero-order valence-electron chi connectivity index (χ0n) is 7.40. The fraction of sp³-hybridized carbons (Fsp3) is 0.875. The Balaban J connectivity index is 2.35. The third-order valence-corrected chi connectivity index (χ3v) is 3.50. The number of rotatable bonds is 1. The number of alkyl halides is 4. The Morgan fingerprint density at radius 3 is 2.14 bits per heavy atom. The minimum Gasteiger partial charge on any atom is -0.346 e. The molecule has 0 unspecified atom stereocenters. The maximum absolute atomic E-state index is 11.9. The summed E-state index contributed by atoms with van der Waals surface area (Å²) in [5.74, 6) is -1.81. The van der Waals surface area contributed by atoms with Gasteiger partial charge < -0.3 is 5.32 Å². The molecule has 0 radical (unpaired) electrons. The van der Waals surface area contributed by atoms with Crippen molar-refractivity contribution in [2.24, 2.45) is 0 Å². The van der Waals surface area contributed by atoms with Crippen LogP contribution in [0.3, 0.4) is 0 Å². The first-order valence-corrected chi connectivity index (χ1v) is 5.66. The zero-order valence-corrected chi connectivity index (χ0v) is 9.56. The minimum atomic E-state index is -4.75. The first kappa shape index (κ1) is 12.1. The molecular weight excluding hydrogens is 310 g/mol. The highest BCUT2D eigenvalue weighted by molar-refractivity contribution is 14.1. The zero-order chi connectivity index (χ0) is 10.8. The van der Waals surface area contributed by atoms with E-state index in [0.717, 1.165) is 12.8 Å². The molecule has 0 aromatic carbocycles. The van der Waals surface area contributed by atoms with E-state index in [1.165, 1.54) is 0 Å². The van der Waals surface area contributed by atoms with Crippen molar-refractivity contribution in [3.63, 3.8) is 0 Å². The molecule has 6 heteroatoms. The Bertz CT molecular complexity index is 211. The fourth-order valence-electron chi connectivity index (χ4n) is 1.46. The van der Waals surface area contributed by atoms with E-state index in [2.05, 4.69) is 22.6 Å². The van der Waals surface area contributed by atoms with Gasteiger partial charge in [-0.15, -0.1) is 0 Å². The van der Waals surface area contributed by atoms with Crippen molar-refractivity contribution in [2.75, 3.05) is 0 Å². The maximum atomic E-state index is 11.9. The summed E-state index contributed by atoms with van der Waals surface area (Å²) in [5.41, 5.74) is 0. The van der Waals surface area contributed by atoms with E-state index in [1.807, 2.05) is 5.32 Å². The van der Waals surface area contributed by atoms with Crippen LogP contribution in [0.25, 0.3) is 0 Å². The van der Waals surface area contributed by atoms with Crippen LogP contribution in [0.1, 0.15) is 25.7 Å². The average Bonchev–Trinajstić information content (AvgIpc) is 2.07. The van der Waals surface area contributed by atoms with E-state index < -0.39 is 12.1 Å². The molecule has 1 amide bonds. The lowest BCUT2D eigenvalue weighted by molar-refractivity contribution is -0.174. The number of nitrogens with one attached hydrogen (secondary N) is 1.